The van der Waals surface area contributed by atoms with Crippen LogP contribution in [0.5, 0.6) is 0 Å². The van der Waals surface area contributed by atoms with E-state index in [9.17, 15) is 0 Å². The molecule has 0 aliphatic carbocycles. The second-order valence-electron chi connectivity index (χ2n) is 12.8. The van der Waals surface area contributed by atoms with Gasteiger partial charge in [-0.15, -0.1) is 0 Å². The van der Waals surface area contributed by atoms with Gasteiger partial charge in [0.25, 0.3) is 0 Å². The van der Waals surface area contributed by atoms with Gasteiger partial charge in [0.05, 0.1) is 38.5 Å². The highest BCUT2D eigenvalue weighted by Crippen LogP contribution is 2.48. The Kier molecular flexibility index (Phi) is 3.47. The monoisotopic (exact) mass is 584 g/mol. The first kappa shape index (κ1) is 22.3. The van der Waals surface area contributed by atoms with E-state index in [2.05, 4.69) is 118 Å². The fourth-order valence-corrected chi connectivity index (χ4v) is 8.98. The number of nitrogens with zero attached hydrogens (tertiary/aromatic N) is 2. The summed E-state index contributed by atoms with van der Waals surface area (Å²) >= 11 is 0. The predicted octanol–water partition coefficient (Wildman–Crippen LogP) is 11.8. The molecule has 4 nitrogen and oxygen atoms in total. The lowest BCUT2D eigenvalue weighted by atomic mass is 10.0. The molecular formula is C42H20N2O2. The molecule has 0 fully saturated rings. The van der Waals surface area contributed by atoms with Crippen LogP contribution in [0.3, 0.4) is 0 Å². The molecule has 7 aromatic carbocycles. The average Bonchev–Trinajstić information content (AvgIpc) is 3.92. The number of benzene rings is 7. The van der Waals surface area contributed by atoms with Crippen LogP contribution in [-0.2, 0) is 0 Å². The summed E-state index contributed by atoms with van der Waals surface area (Å²) in [6.45, 7) is 0. The van der Waals surface area contributed by atoms with E-state index in [1.165, 1.54) is 76.1 Å². The van der Waals surface area contributed by atoms with Gasteiger partial charge in [-0.1, -0.05) is 78.9 Å². The third-order valence-electron chi connectivity index (χ3n) is 10.8. The minimum Gasteiger partial charge on any atom is -0.456 e. The van der Waals surface area contributed by atoms with Crippen LogP contribution >= 0.6 is 0 Å². The van der Waals surface area contributed by atoms with Crippen LogP contribution in [0.4, 0.5) is 0 Å². The molecule has 4 heteroatoms. The Hall–Kier alpha value is -6.26. The van der Waals surface area contributed by atoms with Crippen molar-refractivity contribution in [3.8, 4) is 0 Å². The van der Waals surface area contributed by atoms with E-state index in [4.69, 9.17) is 8.83 Å². The smallest absolute Gasteiger partial charge is 0.160 e. The van der Waals surface area contributed by atoms with Crippen LogP contribution in [0.2, 0.25) is 0 Å². The van der Waals surface area contributed by atoms with E-state index in [0.29, 0.717) is 0 Å². The van der Waals surface area contributed by atoms with Crippen molar-refractivity contribution in [2.24, 2.45) is 0 Å². The molecule has 0 radical (unpaired) electrons. The summed E-state index contributed by atoms with van der Waals surface area (Å²) in [5.74, 6) is 0. The number of furan rings is 2. The minimum absolute atomic E-state index is 0.922. The first-order valence-corrected chi connectivity index (χ1v) is 15.8. The molecule has 210 valence electrons. The summed E-state index contributed by atoms with van der Waals surface area (Å²) in [5.41, 5.74) is 11.0. The van der Waals surface area contributed by atoms with Crippen molar-refractivity contribution < 1.29 is 8.83 Å². The Morgan fingerprint density at radius 2 is 0.826 bits per heavy atom. The number of para-hydroxylation sites is 4. The molecule has 0 aliphatic rings. The van der Waals surface area contributed by atoms with Gasteiger partial charge in [0.1, 0.15) is 16.7 Å². The lowest BCUT2D eigenvalue weighted by Crippen LogP contribution is -1.84. The van der Waals surface area contributed by atoms with Gasteiger partial charge in [-0.2, -0.15) is 0 Å². The van der Waals surface area contributed by atoms with Gasteiger partial charge in [-0.3, -0.25) is 0 Å². The van der Waals surface area contributed by atoms with E-state index in [0.717, 1.165) is 44.0 Å². The zero-order valence-electron chi connectivity index (χ0n) is 24.3. The highest BCUT2D eigenvalue weighted by atomic mass is 16.3. The van der Waals surface area contributed by atoms with Gasteiger partial charge in [0, 0.05) is 59.2 Å². The normalized spacial score (nSPS) is 13.2. The molecule has 0 bridgehead atoms. The SMILES string of the molecule is c1ccc2c(c1)oc1c2ccc2c3cccc4c5cc6c(cc5n(c43)c21)c1cccc2c3ccc4oc5ccccc5c4c3n6c12. The molecule has 0 spiro atoms. The van der Waals surface area contributed by atoms with Crippen LogP contribution in [0.15, 0.2) is 130 Å². The largest absolute Gasteiger partial charge is 0.456 e. The molecule has 46 heavy (non-hydrogen) atoms. The molecule has 13 rings (SSSR count). The lowest BCUT2D eigenvalue weighted by Gasteiger charge is -2.03. The Balaban J connectivity index is 1.30. The summed E-state index contributed by atoms with van der Waals surface area (Å²) in [6.07, 6.45) is 0. The van der Waals surface area contributed by atoms with Crippen LogP contribution in [-0.4, -0.2) is 8.80 Å². The van der Waals surface area contributed by atoms with E-state index < -0.39 is 0 Å². The van der Waals surface area contributed by atoms with Crippen molar-refractivity contribution in [1.82, 2.24) is 8.80 Å². The van der Waals surface area contributed by atoms with Crippen molar-refractivity contribution in [3.63, 3.8) is 0 Å². The van der Waals surface area contributed by atoms with Crippen LogP contribution < -0.4 is 0 Å². The fourth-order valence-electron chi connectivity index (χ4n) is 8.98. The van der Waals surface area contributed by atoms with Gasteiger partial charge < -0.3 is 17.6 Å². The van der Waals surface area contributed by atoms with Crippen LogP contribution in [0.25, 0.3) is 120 Å². The average molecular weight is 585 g/mol. The quantitative estimate of drug-likeness (QED) is 0.178. The van der Waals surface area contributed by atoms with Gasteiger partial charge in [0.15, 0.2) is 5.58 Å². The zero-order chi connectivity index (χ0) is 29.4. The first-order chi connectivity index (χ1) is 22.8. The molecule has 0 saturated carbocycles. The van der Waals surface area contributed by atoms with Crippen molar-refractivity contribution in [3.05, 3.63) is 121 Å². The minimum atomic E-state index is 0.922. The zero-order valence-corrected chi connectivity index (χ0v) is 24.3. The van der Waals surface area contributed by atoms with E-state index in [1.54, 1.807) is 0 Å². The summed E-state index contributed by atoms with van der Waals surface area (Å²) < 4.78 is 18.0. The molecule has 0 aliphatic heterocycles. The number of hydrogen-bond donors (Lipinski definition) is 0. The van der Waals surface area contributed by atoms with Crippen LogP contribution in [0, 0.1) is 0 Å². The molecule has 6 heterocycles. The molecule has 0 unspecified atom stereocenters. The Labute approximate surface area is 258 Å². The van der Waals surface area contributed by atoms with Crippen molar-refractivity contribution in [2.75, 3.05) is 0 Å². The topological polar surface area (TPSA) is 35.1 Å². The summed E-state index contributed by atoms with van der Waals surface area (Å²) in [6, 6.07) is 44.0. The molecule has 6 aromatic heterocycles. The van der Waals surface area contributed by atoms with E-state index in [1.807, 2.05) is 12.1 Å². The number of fused-ring (bicyclic) bond motifs is 20. The van der Waals surface area contributed by atoms with E-state index in [-0.39, 0.29) is 0 Å². The van der Waals surface area contributed by atoms with Gasteiger partial charge in [-0.25, -0.2) is 0 Å². The second kappa shape index (κ2) is 7.17. The highest BCUT2D eigenvalue weighted by Gasteiger charge is 2.25. The number of rotatable bonds is 0. The Morgan fingerprint density at radius 3 is 1.54 bits per heavy atom. The van der Waals surface area contributed by atoms with Crippen LogP contribution in [0.1, 0.15) is 0 Å². The van der Waals surface area contributed by atoms with Gasteiger partial charge in [-0.05, 0) is 42.5 Å². The van der Waals surface area contributed by atoms with E-state index >= 15 is 0 Å². The molecule has 0 atom stereocenters. The second-order valence-corrected chi connectivity index (χ2v) is 12.8. The third-order valence-corrected chi connectivity index (χ3v) is 10.8. The van der Waals surface area contributed by atoms with Crippen molar-refractivity contribution in [1.29, 1.82) is 0 Å². The molecule has 0 saturated heterocycles. The maximum atomic E-state index is 6.64. The first-order valence-electron chi connectivity index (χ1n) is 15.8. The summed E-state index contributed by atoms with van der Waals surface area (Å²) in [4.78, 5) is 0. The van der Waals surface area contributed by atoms with Crippen molar-refractivity contribution in [2.45, 2.75) is 0 Å². The Bertz CT molecular complexity index is 3480. The standard InChI is InChI=1S/C42H20N2O2/c1-3-13-34-21(7-1)28-16-15-27-23-10-6-12-25-31-19-32-30(20-33(31)44(39(23)25)41(27)42(28)46-34)24-11-5-9-22-26-17-18-36-37(40(26)43(32)38(22)24)29-8-2-4-14-35(29)45-36/h1-20H. The van der Waals surface area contributed by atoms with Gasteiger partial charge >= 0.3 is 0 Å². The predicted molar refractivity (Wildman–Crippen MR) is 190 cm³/mol. The number of hydrogen-bond acceptors (Lipinski definition) is 2. The molecule has 0 N–H and O–H groups in total. The van der Waals surface area contributed by atoms with Gasteiger partial charge in [0.2, 0.25) is 0 Å². The fraction of sp³-hybridized carbons (Fsp3) is 0. The van der Waals surface area contributed by atoms with Crippen molar-refractivity contribution >= 4 is 120 Å². The highest BCUT2D eigenvalue weighted by molar-refractivity contribution is 6.33. The third kappa shape index (κ3) is 2.27. The maximum absolute atomic E-state index is 6.64. The number of aromatic nitrogens is 2. The molecule has 0 amide bonds. The Morgan fingerprint density at radius 1 is 0.326 bits per heavy atom. The summed E-state index contributed by atoms with van der Waals surface area (Å²) in [7, 11) is 0. The lowest BCUT2D eigenvalue weighted by molar-refractivity contribution is 0.669. The molecule has 13 aromatic rings. The maximum Gasteiger partial charge on any atom is 0.160 e. The summed E-state index contributed by atoms with van der Waals surface area (Å²) in [5, 5.41) is 14.7. The molecular weight excluding hydrogens is 564 g/mol.